The maximum Gasteiger partial charge on any atom is 0.321 e. The number of nitrogens with one attached hydrogen (secondary N) is 1. The summed E-state index contributed by atoms with van der Waals surface area (Å²) in [6.07, 6.45) is 1.16. The maximum atomic E-state index is 13.1. The second-order valence-electron chi connectivity index (χ2n) is 9.02. The molecule has 0 radical (unpaired) electrons. The van der Waals surface area contributed by atoms with Crippen LogP contribution in [0, 0.1) is 13.8 Å². The Bertz CT molecular complexity index is 1140. The van der Waals surface area contributed by atoms with Crippen molar-refractivity contribution in [1.29, 1.82) is 0 Å². The van der Waals surface area contributed by atoms with Gasteiger partial charge in [-0.2, -0.15) is 0 Å². The smallest absolute Gasteiger partial charge is 0.321 e. The van der Waals surface area contributed by atoms with Crippen LogP contribution in [0.15, 0.2) is 36.4 Å². The van der Waals surface area contributed by atoms with Crippen LogP contribution in [0.25, 0.3) is 0 Å². The third kappa shape index (κ3) is 4.67. The SMILES string of the molecule is Cc1ccc(NC(=O)N(C)Cc2cccc3c2CN(C2CCC(=O)CCC2=O)C3=O)cc1C. The number of nitrogens with zero attached hydrogens (tertiary/aromatic N) is 2. The molecule has 2 aromatic carbocycles. The molecule has 1 saturated carbocycles. The summed E-state index contributed by atoms with van der Waals surface area (Å²) in [6.45, 7) is 4.67. The van der Waals surface area contributed by atoms with Crippen molar-refractivity contribution in [2.45, 2.75) is 58.7 Å². The summed E-state index contributed by atoms with van der Waals surface area (Å²) in [4.78, 5) is 53.4. The molecule has 1 N–H and O–H groups in total. The van der Waals surface area contributed by atoms with E-state index >= 15 is 0 Å². The Kier molecular flexibility index (Phi) is 6.31. The predicted molar refractivity (Wildman–Crippen MR) is 125 cm³/mol. The van der Waals surface area contributed by atoms with Crippen molar-refractivity contribution in [3.05, 3.63) is 64.2 Å². The molecule has 1 aliphatic carbocycles. The van der Waals surface area contributed by atoms with Crippen LogP contribution in [-0.2, 0) is 22.7 Å². The van der Waals surface area contributed by atoms with Gasteiger partial charge in [0, 0.05) is 50.7 Å². The second-order valence-corrected chi connectivity index (χ2v) is 9.02. The molecule has 1 unspecified atom stereocenters. The van der Waals surface area contributed by atoms with Gasteiger partial charge in [-0.1, -0.05) is 18.2 Å². The highest BCUT2D eigenvalue weighted by Crippen LogP contribution is 2.31. The van der Waals surface area contributed by atoms with Crippen molar-refractivity contribution in [2.75, 3.05) is 12.4 Å². The Labute approximate surface area is 193 Å². The molecule has 0 aromatic heterocycles. The van der Waals surface area contributed by atoms with Gasteiger partial charge in [0.2, 0.25) is 0 Å². The van der Waals surface area contributed by atoms with E-state index in [1.807, 2.05) is 44.2 Å². The first-order valence-corrected chi connectivity index (χ1v) is 11.3. The third-order valence-electron chi connectivity index (χ3n) is 6.70. The molecule has 2 aromatic rings. The van der Waals surface area contributed by atoms with Crippen LogP contribution in [-0.4, -0.2) is 46.4 Å². The molecule has 33 heavy (non-hydrogen) atoms. The van der Waals surface area contributed by atoms with Crippen molar-refractivity contribution in [3.8, 4) is 0 Å². The monoisotopic (exact) mass is 447 g/mol. The summed E-state index contributed by atoms with van der Waals surface area (Å²) in [6, 6.07) is 10.5. The number of fused-ring (bicyclic) bond motifs is 1. The molecule has 172 valence electrons. The second kappa shape index (κ2) is 9.17. The number of carbonyl (C=O) groups excluding carboxylic acids is 4. The number of benzene rings is 2. The van der Waals surface area contributed by atoms with Gasteiger partial charge < -0.3 is 15.1 Å². The highest BCUT2D eigenvalue weighted by molar-refractivity contribution is 6.02. The first-order valence-electron chi connectivity index (χ1n) is 11.3. The molecule has 7 heteroatoms. The Balaban J connectivity index is 1.49. The topological polar surface area (TPSA) is 86.8 Å². The Hall–Kier alpha value is -3.48. The van der Waals surface area contributed by atoms with E-state index in [1.165, 1.54) is 0 Å². The van der Waals surface area contributed by atoms with Crippen LogP contribution in [0.3, 0.4) is 0 Å². The molecular weight excluding hydrogens is 418 g/mol. The van der Waals surface area contributed by atoms with Crippen molar-refractivity contribution < 1.29 is 19.2 Å². The third-order valence-corrected chi connectivity index (χ3v) is 6.70. The molecule has 2 aliphatic rings. The molecule has 1 heterocycles. The summed E-state index contributed by atoms with van der Waals surface area (Å²) >= 11 is 0. The lowest BCUT2D eigenvalue weighted by molar-refractivity contribution is -0.124. The number of amides is 3. The van der Waals surface area contributed by atoms with E-state index in [-0.39, 0.29) is 36.3 Å². The zero-order valence-electron chi connectivity index (χ0n) is 19.3. The van der Waals surface area contributed by atoms with E-state index < -0.39 is 6.04 Å². The zero-order chi connectivity index (χ0) is 23.7. The fourth-order valence-electron chi connectivity index (χ4n) is 4.53. The standard InChI is InChI=1S/C26H29N3O4/c1-16-7-8-19(13-17(16)2)27-26(33)28(3)14-18-5-4-6-21-22(18)15-29(25(21)32)23-11-9-20(30)10-12-24(23)31/h4-8,13,23H,9-12,14-15H2,1-3H3,(H,27,33). The number of carbonyl (C=O) groups is 4. The predicted octanol–water partition coefficient (Wildman–Crippen LogP) is 4.00. The summed E-state index contributed by atoms with van der Waals surface area (Å²) in [5.41, 5.74) is 5.28. The Morgan fingerprint density at radius 1 is 1.06 bits per heavy atom. The fraction of sp³-hybridized carbons (Fsp3) is 0.385. The lowest BCUT2D eigenvalue weighted by atomic mass is 10.0. The van der Waals surface area contributed by atoms with E-state index in [0.717, 1.165) is 27.9 Å². The number of urea groups is 1. The normalized spacial score (nSPS) is 18.2. The average molecular weight is 448 g/mol. The van der Waals surface area contributed by atoms with Crippen molar-refractivity contribution in [1.82, 2.24) is 9.80 Å². The van der Waals surface area contributed by atoms with Crippen LogP contribution in [0.1, 0.15) is 58.3 Å². The summed E-state index contributed by atoms with van der Waals surface area (Å²) < 4.78 is 0. The number of hydrogen-bond acceptors (Lipinski definition) is 4. The minimum atomic E-state index is -0.560. The minimum absolute atomic E-state index is 0.0477. The van der Waals surface area contributed by atoms with Crippen LogP contribution >= 0.6 is 0 Å². The maximum absolute atomic E-state index is 13.1. The number of aryl methyl sites for hydroxylation is 2. The van der Waals surface area contributed by atoms with Gasteiger partial charge >= 0.3 is 6.03 Å². The largest absolute Gasteiger partial charge is 0.324 e. The molecule has 7 nitrogen and oxygen atoms in total. The molecule has 4 rings (SSSR count). The molecule has 1 aliphatic heterocycles. The fourth-order valence-corrected chi connectivity index (χ4v) is 4.53. The lowest BCUT2D eigenvalue weighted by Gasteiger charge is -2.25. The Morgan fingerprint density at radius 3 is 2.61 bits per heavy atom. The average Bonchev–Trinajstić information content (AvgIpc) is 3.02. The lowest BCUT2D eigenvalue weighted by Crippen LogP contribution is -2.40. The zero-order valence-corrected chi connectivity index (χ0v) is 19.3. The number of rotatable bonds is 4. The molecule has 0 saturated heterocycles. The number of ketones is 2. The molecule has 0 bridgehead atoms. The van der Waals surface area contributed by atoms with Crippen LogP contribution in [0.4, 0.5) is 10.5 Å². The quantitative estimate of drug-likeness (QED) is 0.718. The Morgan fingerprint density at radius 2 is 1.85 bits per heavy atom. The molecular formula is C26H29N3O4. The van der Waals surface area contributed by atoms with E-state index in [0.29, 0.717) is 31.5 Å². The van der Waals surface area contributed by atoms with Crippen molar-refractivity contribution >= 4 is 29.2 Å². The summed E-state index contributed by atoms with van der Waals surface area (Å²) in [5.74, 6) is -0.151. The van der Waals surface area contributed by atoms with Gasteiger partial charge in [0.15, 0.2) is 5.78 Å². The number of Topliss-reactive ketones (excluding diaryl/α,β-unsaturated/α-hetero) is 2. The molecule has 0 spiro atoms. The van der Waals surface area contributed by atoms with E-state index in [2.05, 4.69) is 5.32 Å². The molecule has 1 fully saturated rings. The van der Waals surface area contributed by atoms with Gasteiger partial charge in [0.1, 0.15) is 5.78 Å². The van der Waals surface area contributed by atoms with Gasteiger partial charge in [-0.15, -0.1) is 0 Å². The summed E-state index contributed by atoms with van der Waals surface area (Å²) in [5, 5.41) is 2.92. The van der Waals surface area contributed by atoms with Crippen molar-refractivity contribution in [2.24, 2.45) is 0 Å². The van der Waals surface area contributed by atoms with Crippen LogP contribution in [0.5, 0.6) is 0 Å². The van der Waals surface area contributed by atoms with Gasteiger partial charge in [0.25, 0.3) is 5.91 Å². The van der Waals surface area contributed by atoms with E-state index in [4.69, 9.17) is 0 Å². The van der Waals surface area contributed by atoms with Gasteiger partial charge in [-0.3, -0.25) is 14.4 Å². The first-order chi connectivity index (χ1) is 15.7. The molecule has 3 amide bonds. The van der Waals surface area contributed by atoms with Crippen LogP contribution < -0.4 is 5.32 Å². The minimum Gasteiger partial charge on any atom is -0.324 e. The van der Waals surface area contributed by atoms with E-state index in [1.54, 1.807) is 22.9 Å². The number of hydrogen-bond donors (Lipinski definition) is 1. The van der Waals surface area contributed by atoms with E-state index in [9.17, 15) is 19.2 Å². The van der Waals surface area contributed by atoms with Crippen molar-refractivity contribution in [3.63, 3.8) is 0 Å². The molecule has 1 atom stereocenters. The summed E-state index contributed by atoms with van der Waals surface area (Å²) in [7, 11) is 1.71. The van der Waals surface area contributed by atoms with Gasteiger partial charge in [-0.25, -0.2) is 4.79 Å². The van der Waals surface area contributed by atoms with Gasteiger partial charge in [-0.05, 0) is 60.7 Å². The number of anilines is 1. The van der Waals surface area contributed by atoms with Crippen LogP contribution in [0.2, 0.25) is 0 Å². The van der Waals surface area contributed by atoms with Gasteiger partial charge in [0.05, 0.1) is 6.04 Å². The highest BCUT2D eigenvalue weighted by Gasteiger charge is 2.38. The highest BCUT2D eigenvalue weighted by atomic mass is 16.2. The first kappa shape index (κ1) is 22.7.